The van der Waals surface area contributed by atoms with Crippen LogP contribution in [0.25, 0.3) is 0 Å². The number of likely N-dealkylation sites (tertiary alicyclic amines) is 1. The number of hydrogen-bond donors (Lipinski definition) is 1. The molecule has 1 fully saturated rings. The van der Waals surface area contributed by atoms with Crippen molar-refractivity contribution in [2.24, 2.45) is 5.92 Å². The van der Waals surface area contributed by atoms with E-state index < -0.39 is 0 Å². The normalized spacial score (nSPS) is 15.8. The summed E-state index contributed by atoms with van der Waals surface area (Å²) in [6.45, 7) is 6.39. The molecule has 0 unspecified atom stereocenters. The maximum atomic E-state index is 12.3. The summed E-state index contributed by atoms with van der Waals surface area (Å²) in [7, 11) is 0. The van der Waals surface area contributed by atoms with Gasteiger partial charge in [0.15, 0.2) is 0 Å². The zero-order valence-corrected chi connectivity index (χ0v) is 13.8. The molecule has 2 heterocycles. The number of aromatic nitrogens is 2. The smallest absolute Gasteiger partial charge is 0.267 e. The number of ether oxygens (including phenoxy) is 1. The predicted molar refractivity (Wildman–Crippen MR) is 82.8 cm³/mol. The summed E-state index contributed by atoms with van der Waals surface area (Å²) in [5.74, 6) is 0.355. The van der Waals surface area contributed by atoms with Gasteiger partial charge < -0.3 is 15.0 Å². The highest BCUT2D eigenvalue weighted by molar-refractivity contribution is 7.07. The molecule has 1 aromatic heterocycles. The van der Waals surface area contributed by atoms with E-state index in [1.54, 1.807) is 6.92 Å². The van der Waals surface area contributed by atoms with Crippen LogP contribution in [-0.2, 0) is 9.53 Å². The second kappa shape index (κ2) is 8.19. The number of amides is 2. The molecule has 7 nitrogen and oxygen atoms in total. The summed E-state index contributed by atoms with van der Waals surface area (Å²) in [5.41, 5.74) is 0.695. The first kappa shape index (κ1) is 16.8. The lowest BCUT2D eigenvalue weighted by atomic mass is 9.96. The first-order chi connectivity index (χ1) is 10.6. The van der Waals surface area contributed by atoms with Gasteiger partial charge in [0, 0.05) is 26.2 Å². The minimum Gasteiger partial charge on any atom is -0.372 e. The van der Waals surface area contributed by atoms with E-state index in [4.69, 9.17) is 4.74 Å². The standard InChI is InChI=1S/C14H22N4O3S/c1-3-21-9-12(19)15-8-11-4-6-18(7-5-11)14(20)13-10(2)16-17-22-13/h11H,3-9H2,1-2H3,(H,15,19). The maximum Gasteiger partial charge on any atom is 0.267 e. The van der Waals surface area contributed by atoms with Gasteiger partial charge in [0.1, 0.15) is 11.5 Å². The number of rotatable bonds is 6. The number of carbonyl (C=O) groups is 2. The molecule has 1 saturated heterocycles. The monoisotopic (exact) mass is 326 g/mol. The summed E-state index contributed by atoms with van der Waals surface area (Å²) in [5, 5.41) is 6.77. The minimum absolute atomic E-state index is 0.0198. The van der Waals surface area contributed by atoms with Crippen molar-refractivity contribution >= 4 is 23.3 Å². The molecule has 0 saturated carbocycles. The van der Waals surface area contributed by atoms with Gasteiger partial charge in [-0.25, -0.2) is 0 Å². The SMILES string of the molecule is CCOCC(=O)NCC1CCN(C(=O)c2snnc2C)CC1. The van der Waals surface area contributed by atoms with Crippen molar-refractivity contribution in [1.82, 2.24) is 19.8 Å². The van der Waals surface area contributed by atoms with Gasteiger partial charge in [-0.05, 0) is 44.1 Å². The third-order valence-electron chi connectivity index (χ3n) is 3.77. The van der Waals surface area contributed by atoms with E-state index in [1.165, 1.54) is 0 Å². The summed E-state index contributed by atoms with van der Waals surface area (Å²) < 4.78 is 8.87. The Kier molecular flexibility index (Phi) is 6.26. The van der Waals surface area contributed by atoms with Crippen LogP contribution in [0.2, 0.25) is 0 Å². The highest BCUT2D eigenvalue weighted by Gasteiger charge is 2.26. The fourth-order valence-corrected chi connectivity index (χ4v) is 3.04. The summed E-state index contributed by atoms with van der Waals surface area (Å²) in [4.78, 5) is 26.3. The zero-order valence-electron chi connectivity index (χ0n) is 13.0. The Bertz CT molecular complexity index is 512. The lowest BCUT2D eigenvalue weighted by Gasteiger charge is -2.31. The van der Waals surface area contributed by atoms with Gasteiger partial charge in [-0.15, -0.1) is 5.10 Å². The highest BCUT2D eigenvalue weighted by Crippen LogP contribution is 2.20. The quantitative estimate of drug-likeness (QED) is 0.838. The van der Waals surface area contributed by atoms with Crippen LogP contribution >= 0.6 is 11.5 Å². The van der Waals surface area contributed by atoms with Crippen molar-refractivity contribution in [2.75, 3.05) is 32.8 Å². The topological polar surface area (TPSA) is 84.4 Å². The number of nitrogens with zero attached hydrogens (tertiary/aromatic N) is 3. The Morgan fingerprint density at radius 3 is 2.73 bits per heavy atom. The van der Waals surface area contributed by atoms with E-state index >= 15 is 0 Å². The van der Waals surface area contributed by atoms with Gasteiger partial charge >= 0.3 is 0 Å². The molecule has 0 atom stereocenters. The first-order valence-electron chi connectivity index (χ1n) is 7.54. The number of piperidine rings is 1. The molecule has 1 aromatic rings. The Morgan fingerprint density at radius 2 is 2.14 bits per heavy atom. The molecule has 122 valence electrons. The van der Waals surface area contributed by atoms with Gasteiger partial charge in [-0.3, -0.25) is 9.59 Å². The Hall–Kier alpha value is -1.54. The van der Waals surface area contributed by atoms with E-state index in [9.17, 15) is 9.59 Å². The van der Waals surface area contributed by atoms with Crippen molar-refractivity contribution in [3.05, 3.63) is 10.6 Å². The lowest BCUT2D eigenvalue weighted by Crippen LogP contribution is -2.42. The molecule has 0 aliphatic carbocycles. The van der Waals surface area contributed by atoms with E-state index in [2.05, 4.69) is 14.9 Å². The van der Waals surface area contributed by atoms with Crippen molar-refractivity contribution in [3.63, 3.8) is 0 Å². The minimum atomic E-state index is -0.0771. The van der Waals surface area contributed by atoms with Gasteiger partial charge in [0.25, 0.3) is 5.91 Å². The maximum absolute atomic E-state index is 12.3. The Labute approximate surface area is 134 Å². The third-order valence-corrected chi connectivity index (χ3v) is 4.59. The van der Waals surface area contributed by atoms with Crippen LogP contribution in [0, 0.1) is 12.8 Å². The second-order valence-corrected chi connectivity index (χ2v) is 6.12. The molecule has 1 aliphatic heterocycles. The molecule has 1 N–H and O–H groups in total. The van der Waals surface area contributed by atoms with Gasteiger partial charge in [-0.1, -0.05) is 4.49 Å². The lowest BCUT2D eigenvalue weighted by molar-refractivity contribution is -0.125. The van der Waals surface area contributed by atoms with Crippen LogP contribution in [0.4, 0.5) is 0 Å². The van der Waals surface area contributed by atoms with Crippen molar-refractivity contribution in [2.45, 2.75) is 26.7 Å². The van der Waals surface area contributed by atoms with Gasteiger partial charge in [-0.2, -0.15) is 0 Å². The molecular formula is C14H22N4O3S. The summed E-state index contributed by atoms with van der Waals surface area (Å²) in [6.07, 6.45) is 1.79. The fraction of sp³-hybridized carbons (Fsp3) is 0.714. The summed E-state index contributed by atoms with van der Waals surface area (Å²) in [6, 6.07) is 0. The number of aryl methyl sites for hydroxylation is 1. The van der Waals surface area contributed by atoms with Gasteiger partial charge in [0.2, 0.25) is 5.91 Å². The molecule has 0 radical (unpaired) electrons. The number of carbonyl (C=O) groups excluding carboxylic acids is 2. The van der Waals surface area contributed by atoms with Crippen LogP contribution < -0.4 is 5.32 Å². The van der Waals surface area contributed by atoms with Crippen molar-refractivity contribution in [1.29, 1.82) is 0 Å². The van der Waals surface area contributed by atoms with E-state index in [0.717, 1.165) is 24.4 Å². The van der Waals surface area contributed by atoms with Crippen LogP contribution in [0.1, 0.15) is 35.1 Å². The first-order valence-corrected chi connectivity index (χ1v) is 8.31. The molecular weight excluding hydrogens is 304 g/mol. The average molecular weight is 326 g/mol. The molecule has 0 spiro atoms. The van der Waals surface area contributed by atoms with E-state index in [-0.39, 0.29) is 18.4 Å². The van der Waals surface area contributed by atoms with Crippen molar-refractivity contribution in [3.8, 4) is 0 Å². The Balaban J connectivity index is 1.73. The van der Waals surface area contributed by atoms with Crippen LogP contribution in [0.15, 0.2) is 0 Å². The average Bonchev–Trinajstić information content (AvgIpc) is 2.96. The largest absolute Gasteiger partial charge is 0.372 e. The summed E-state index contributed by atoms with van der Waals surface area (Å²) >= 11 is 1.15. The van der Waals surface area contributed by atoms with Crippen LogP contribution in [0.3, 0.4) is 0 Å². The molecule has 2 amide bonds. The Morgan fingerprint density at radius 1 is 1.41 bits per heavy atom. The molecule has 0 aromatic carbocycles. The molecule has 2 rings (SSSR count). The van der Waals surface area contributed by atoms with Crippen LogP contribution in [0.5, 0.6) is 0 Å². The molecule has 22 heavy (non-hydrogen) atoms. The molecule has 8 heteroatoms. The van der Waals surface area contributed by atoms with E-state index in [1.807, 2.05) is 11.8 Å². The van der Waals surface area contributed by atoms with Crippen LogP contribution in [-0.4, -0.2) is 59.1 Å². The molecule has 0 bridgehead atoms. The fourth-order valence-electron chi connectivity index (χ4n) is 2.42. The zero-order chi connectivity index (χ0) is 15.9. The van der Waals surface area contributed by atoms with Gasteiger partial charge in [0.05, 0.1) is 5.69 Å². The third kappa shape index (κ3) is 4.48. The predicted octanol–water partition coefficient (Wildman–Crippen LogP) is 0.851. The molecule has 1 aliphatic rings. The van der Waals surface area contributed by atoms with Crippen molar-refractivity contribution < 1.29 is 14.3 Å². The number of hydrogen-bond acceptors (Lipinski definition) is 6. The number of nitrogens with one attached hydrogen (secondary N) is 1. The van der Waals surface area contributed by atoms with E-state index in [0.29, 0.717) is 42.7 Å². The highest BCUT2D eigenvalue weighted by atomic mass is 32.1. The second-order valence-electron chi connectivity index (χ2n) is 5.36.